The van der Waals surface area contributed by atoms with Crippen molar-refractivity contribution in [2.45, 2.75) is 97.0 Å². The van der Waals surface area contributed by atoms with Gasteiger partial charge in [0, 0.05) is 45.2 Å². The highest BCUT2D eigenvalue weighted by molar-refractivity contribution is 5.87. The number of amides is 1. The average Bonchev–Trinajstić information content (AvgIpc) is 3.13. The number of nitrogens with zero attached hydrogens (tertiary/aromatic N) is 1. The van der Waals surface area contributed by atoms with Crippen molar-refractivity contribution in [3.8, 4) is 0 Å². The fourth-order valence-electron chi connectivity index (χ4n) is 7.59. The van der Waals surface area contributed by atoms with Gasteiger partial charge in [-0.2, -0.15) is 0 Å². The second kappa shape index (κ2) is 10.8. The van der Waals surface area contributed by atoms with Crippen molar-refractivity contribution >= 4 is 17.7 Å². The summed E-state index contributed by atoms with van der Waals surface area (Å²) in [6, 6.07) is 8.99. The molecule has 5 nitrogen and oxygen atoms in total. The van der Waals surface area contributed by atoms with Crippen LogP contribution >= 0.6 is 0 Å². The number of ketones is 1. The van der Waals surface area contributed by atoms with Crippen LogP contribution in [0.2, 0.25) is 0 Å². The highest BCUT2D eigenvalue weighted by atomic mass is 16.5. The first-order valence-electron chi connectivity index (χ1n) is 13.7. The van der Waals surface area contributed by atoms with Crippen molar-refractivity contribution in [2.24, 2.45) is 23.2 Å². The van der Waals surface area contributed by atoms with Crippen LogP contribution < -0.4 is 0 Å². The number of unbranched alkanes of at least 4 members (excludes halogenated alkanes) is 1. The lowest BCUT2D eigenvalue weighted by Crippen LogP contribution is -2.46. The summed E-state index contributed by atoms with van der Waals surface area (Å²) < 4.78 is 5.16. The molecule has 192 valence electrons. The molecule has 5 heteroatoms. The molecule has 0 aromatic heterocycles. The van der Waals surface area contributed by atoms with Crippen molar-refractivity contribution < 1.29 is 19.1 Å². The van der Waals surface area contributed by atoms with E-state index in [9.17, 15) is 14.4 Å². The van der Waals surface area contributed by atoms with Gasteiger partial charge in [-0.15, -0.1) is 0 Å². The molecule has 0 N–H and O–H groups in total. The molecule has 0 saturated heterocycles. The third-order valence-corrected chi connectivity index (χ3v) is 9.35. The molecule has 0 bridgehead atoms. The van der Waals surface area contributed by atoms with Gasteiger partial charge < -0.3 is 9.64 Å². The number of benzene rings is 1. The minimum atomic E-state index is -0.281. The van der Waals surface area contributed by atoms with E-state index >= 15 is 0 Å². The lowest BCUT2D eigenvalue weighted by Gasteiger charge is -2.52. The van der Waals surface area contributed by atoms with E-state index in [1.165, 1.54) is 24.5 Å². The van der Waals surface area contributed by atoms with Gasteiger partial charge in [0.05, 0.1) is 0 Å². The summed E-state index contributed by atoms with van der Waals surface area (Å²) in [5, 5.41) is 0. The van der Waals surface area contributed by atoms with E-state index in [2.05, 4.69) is 31.2 Å². The summed E-state index contributed by atoms with van der Waals surface area (Å²) in [6.07, 6.45) is 9.21. The van der Waals surface area contributed by atoms with Crippen molar-refractivity contribution in [1.29, 1.82) is 0 Å². The van der Waals surface area contributed by atoms with Crippen molar-refractivity contribution in [1.82, 2.24) is 4.90 Å². The predicted octanol–water partition coefficient (Wildman–Crippen LogP) is 5.70. The van der Waals surface area contributed by atoms with Crippen LogP contribution in [0.5, 0.6) is 0 Å². The molecule has 1 aromatic rings. The number of Topliss-reactive ketones (excluding diaryl/α,β-unsaturated/α-hetero) is 1. The van der Waals surface area contributed by atoms with Crippen LogP contribution in [0.3, 0.4) is 0 Å². The first-order valence-corrected chi connectivity index (χ1v) is 13.7. The Kier molecular flexibility index (Phi) is 8.02. The molecule has 35 heavy (non-hydrogen) atoms. The first kappa shape index (κ1) is 25.9. The van der Waals surface area contributed by atoms with Gasteiger partial charge in [-0.25, -0.2) is 0 Å². The van der Waals surface area contributed by atoms with Gasteiger partial charge in [-0.1, -0.05) is 37.6 Å². The van der Waals surface area contributed by atoms with Crippen molar-refractivity contribution in [3.63, 3.8) is 0 Å². The van der Waals surface area contributed by atoms with E-state index in [4.69, 9.17) is 4.74 Å². The number of carbonyl (C=O) groups is 3. The minimum absolute atomic E-state index is 0.146. The van der Waals surface area contributed by atoms with Gasteiger partial charge >= 0.3 is 5.97 Å². The molecule has 0 radical (unpaired) electrons. The largest absolute Gasteiger partial charge is 0.463 e. The van der Waals surface area contributed by atoms with Gasteiger partial charge in [-0.3, -0.25) is 14.4 Å². The number of ether oxygens (including phenoxy) is 1. The second-order valence-corrected chi connectivity index (χ2v) is 11.6. The molecule has 4 rings (SSSR count). The molecule has 1 amide bonds. The fourth-order valence-corrected chi connectivity index (χ4v) is 7.59. The first-order chi connectivity index (χ1) is 16.7. The molecular weight excluding hydrogens is 438 g/mol. The van der Waals surface area contributed by atoms with Crippen LogP contribution in [0.25, 0.3) is 0 Å². The number of carbonyl (C=O) groups excluding carboxylic acids is 3. The maximum atomic E-state index is 13.0. The summed E-state index contributed by atoms with van der Waals surface area (Å²) in [6.45, 7) is 6.12. The Morgan fingerprint density at radius 3 is 2.71 bits per heavy atom. The van der Waals surface area contributed by atoms with Gasteiger partial charge in [0.1, 0.15) is 11.9 Å². The Hall–Kier alpha value is -2.17. The number of hydrogen-bond donors (Lipinski definition) is 0. The Labute approximate surface area is 211 Å². The van der Waals surface area contributed by atoms with Crippen LogP contribution in [0, 0.1) is 23.2 Å². The molecule has 3 aliphatic rings. The zero-order valence-corrected chi connectivity index (χ0v) is 22.1. The number of esters is 1. The lowest BCUT2D eigenvalue weighted by atomic mass is 9.51. The Morgan fingerprint density at radius 2 is 1.94 bits per heavy atom. The summed E-state index contributed by atoms with van der Waals surface area (Å²) in [7, 11) is 1.83. The molecule has 1 aromatic carbocycles. The predicted molar refractivity (Wildman–Crippen MR) is 137 cm³/mol. The Balaban J connectivity index is 1.34. The summed E-state index contributed by atoms with van der Waals surface area (Å²) in [5.41, 5.74) is 2.89. The summed E-state index contributed by atoms with van der Waals surface area (Å²) in [5.74, 6) is 2.59. The number of rotatable bonds is 9. The second-order valence-electron chi connectivity index (χ2n) is 11.6. The standard InChI is InChI=1S/C30H43NO4/c1-20(35-21(2)32)17-18-31(4)28(34)12-8-6-10-23-19-30(3)26(15-16-27(30)33)25-14-13-22-9-5-7-11-24(22)29(23)25/h5,7,9,11,20,23,25-26,29H,6,8,10,12-19H2,1-4H3/t20?,23-,25-,26-,29+,30-/m0/s1. The van der Waals surface area contributed by atoms with Crippen LogP contribution in [-0.4, -0.2) is 42.3 Å². The molecule has 2 fully saturated rings. The molecule has 2 saturated carbocycles. The van der Waals surface area contributed by atoms with Gasteiger partial charge in [0.2, 0.25) is 5.91 Å². The molecule has 0 spiro atoms. The number of aryl methyl sites for hydroxylation is 1. The zero-order chi connectivity index (χ0) is 25.2. The zero-order valence-electron chi connectivity index (χ0n) is 22.1. The maximum absolute atomic E-state index is 13.0. The Bertz CT molecular complexity index is 942. The molecule has 3 aliphatic carbocycles. The third kappa shape index (κ3) is 5.49. The SMILES string of the molecule is CC(=O)OC(C)CCN(C)C(=O)CCCC[C@H]1C[C@]2(C)C(=O)CC[C@H]2[C@@H]2CCc3ccccc3[C@@H]12. The lowest BCUT2D eigenvalue weighted by molar-refractivity contribution is -0.146. The van der Waals surface area contributed by atoms with Crippen LogP contribution in [0.4, 0.5) is 0 Å². The molecule has 0 aliphatic heterocycles. The summed E-state index contributed by atoms with van der Waals surface area (Å²) in [4.78, 5) is 38.5. The van der Waals surface area contributed by atoms with Gasteiger partial charge in [-0.05, 0) is 80.2 Å². The third-order valence-electron chi connectivity index (χ3n) is 9.35. The molecular formula is C30H43NO4. The smallest absolute Gasteiger partial charge is 0.302 e. The van der Waals surface area contributed by atoms with E-state index in [1.54, 1.807) is 4.90 Å². The Morgan fingerprint density at radius 1 is 1.17 bits per heavy atom. The van der Waals surface area contributed by atoms with Gasteiger partial charge in [0.25, 0.3) is 0 Å². The van der Waals surface area contributed by atoms with E-state index in [1.807, 2.05) is 14.0 Å². The van der Waals surface area contributed by atoms with E-state index in [0.29, 0.717) is 48.8 Å². The number of fused-ring (bicyclic) bond motifs is 5. The van der Waals surface area contributed by atoms with Gasteiger partial charge in [0.15, 0.2) is 0 Å². The molecule has 1 unspecified atom stereocenters. The highest BCUT2D eigenvalue weighted by Crippen LogP contribution is 2.62. The van der Waals surface area contributed by atoms with E-state index in [0.717, 1.165) is 44.9 Å². The minimum Gasteiger partial charge on any atom is -0.463 e. The maximum Gasteiger partial charge on any atom is 0.302 e. The van der Waals surface area contributed by atoms with Crippen LogP contribution in [0.15, 0.2) is 24.3 Å². The highest BCUT2D eigenvalue weighted by Gasteiger charge is 2.57. The normalized spacial score (nSPS) is 30.1. The van der Waals surface area contributed by atoms with Crippen LogP contribution in [-0.2, 0) is 25.5 Å². The monoisotopic (exact) mass is 481 g/mol. The van der Waals surface area contributed by atoms with Crippen molar-refractivity contribution in [2.75, 3.05) is 13.6 Å². The quantitative estimate of drug-likeness (QED) is 0.335. The summed E-state index contributed by atoms with van der Waals surface area (Å²) >= 11 is 0. The molecule has 0 heterocycles. The number of hydrogen-bond acceptors (Lipinski definition) is 4. The average molecular weight is 482 g/mol. The van der Waals surface area contributed by atoms with E-state index in [-0.39, 0.29) is 23.4 Å². The van der Waals surface area contributed by atoms with Crippen molar-refractivity contribution in [3.05, 3.63) is 35.4 Å². The molecule has 6 atom stereocenters. The van der Waals surface area contributed by atoms with Crippen LogP contribution in [0.1, 0.15) is 95.6 Å². The topological polar surface area (TPSA) is 63.7 Å². The fraction of sp³-hybridized carbons (Fsp3) is 0.700. The van der Waals surface area contributed by atoms with E-state index < -0.39 is 0 Å².